The second kappa shape index (κ2) is 10.7. The summed E-state index contributed by atoms with van der Waals surface area (Å²) in [4.78, 5) is 9.89. The molecule has 0 spiro atoms. The summed E-state index contributed by atoms with van der Waals surface area (Å²) >= 11 is 0. The largest absolute Gasteiger partial charge is 1.00 e. The third-order valence-corrected chi connectivity index (χ3v) is 0.946. The van der Waals surface area contributed by atoms with Crippen LogP contribution in [0.4, 0.5) is 0 Å². The van der Waals surface area contributed by atoms with Gasteiger partial charge in [-0.15, -0.1) is 0 Å². The zero-order valence-corrected chi connectivity index (χ0v) is 9.49. The molecular weight excluding hydrogens is 163 g/mol. The predicted octanol–water partition coefficient (Wildman–Crippen LogP) is -2.18. The Morgan fingerprint density at radius 1 is 1.25 bits per heavy atom. The van der Waals surface area contributed by atoms with Crippen LogP contribution in [0.3, 0.4) is 0 Å². The molecule has 0 atom stereocenters. The van der Waals surface area contributed by atoms with Gasteiger partial charge in [-0.2, -0.15) is 0 Å². The second-order valence-electron chi connectivity index (χ2n) is 1.91. The Morgan fingerprint density at radius 3 is 2.33 bits per heavy atom. The Morgan fingerprint density at radius 2 is 1.83 bits per heavy atom. The molecule has 60 valence electrons. The van der Waals surface area contributed by atoms with Crippen LogP contribution in [0.2, 0.25) is 0 Å². The third-order valence-electron chi connectivity index (χ3n) is 0.946. The fourth-order valence-corrected chi connectivity index (χ4v) is 0.482. The summed E-state index contributed by atoms with van der Waals surface area (Å²) in [6.45, 7) is 1.91. The monoisotopic (exact) mass is 174 g/mol. The summed E-state index contributed by atoms with van der Waals surface area (Å²) in [5, 5.41) is 9.89. The van der Waals surface area contributed by atoms with Gasteiger partial charge >= 0.3 is 29.6 Å². The van der Waals surface area contributed by atoms with E-state index in [9.17, 15) is 9.90 Å². The van der Waals surface area contributed by atoms with E-state index in [0.29, 0.717) is 0 Å². The normalized spacial score (nSPS) is 11.1. The minimum Gasteiger partial charge on any atom is -0.550 e. The van der Waals surface area contributed by atoms with Crippen LogP contribution in [-0.2, 0) is 4.79 Å². The maximum Gasteiger partial charge on any atom is 1.00 e. The Kier molecular flexibility index (Phi) is 12.7. The summed E-state index contributed by atoms with van der Waals surface area (Å²) < 4.78 is 0. The summed E-state index contributed by atoms with van der Waals surface area (Å²) in [7, 11) is 0. The van der Waals surface area contributed by atoms with Gasteiger partial charge in [-0.05, 0) is 6.92 Å². The number of carboxylic acids is 1. The Balaban J connectivity index is 0. The molecule has 2 nitrogen and oxygen atoms in total. The molecule has 3 heteroatoms. The van der Waals surface area contributed by atoms with Gasteiger partial charge in [-0.1, -0.05) is 36.5 Å². The molecule has 0 heterocycles. The van der Waals surface area contributed by atoms with Gasteiger partial charge in [0.2, 0.25) is 0 Å². The third kappa shape index (κ3) is 12.4. The molecule has 0 amide bonds. The maximum absolute atomic E-state index is 9.89. The van der Waals surface area contributed by atoms with Gasteiger partial charge in [-0.3, -0.25) is 0 Å². The quantitative estimate of drug-likeness (QED) is 0.359. The SMILES string of the molecule is C/C=C/C=C/C=C/CC(=O)[O-].[Na+]. The average molecular weight is 174 g/mol. The molecule has 0 aromatic heterocycles. The van der Waals surface area contributed by atoms with Gasteiger partial charge in [-0.25, -0.2) is 0 Å². The van der Waals surface area contributed by atoms with Gasteiger partial charge in [0.25, 0.3) is 0 Å². The topological polar surface area (TPSA) is 40.1 Å². The number of rotatable bonds is 4. The van der Waals surface area contributed by atoms with Gasteiger partial charge in [0.1, 0.15) is 0 Å². The number of carbonyl (C=O) groups excluding carboxylic acids is 1. The number of allylic oxidation sites excluding steroid dienone is 5. The summed E-state index contributed by atoms with van der Waals surface area (Å²) in [5.74, 6) is -1.05. The molecule has 0 aromatic rings. The van der Waals surface area contributed by atoms with Crippen LogP contribution in [0, 0.1) is 0 Å². The van der Waals surface area contributed by atoms with Gasteiger partial charge in [0, 0.05) is 12.4 Å². The summed E-state index contributed by atoms with van der Waals surface area (Å²) in [6.07, 6.45) is 10.5. The average Bonchev–Trinajstić information content (AvgIpc) is 1.96. The van der Waals surface area contributed by atoms with Crippen LogP contribution in [-0.4, -0.2) is 5.97 Å². The molecule has 12 heavy (non-hydrogen) atoms. The van der Waals surface area contributed by atoms with Crippen molar-refractivity contribution >= 4 is 5.97 Å². The number of aliphatic carboxylic acids is 1. The van der Waals surface area contributed by atoms with Gasteiger partial charge < -0.3 is 9.90 Å². The van der Waals surface area contributed by atoms with Crippen molar-refractivity contribution in [2.45, 2.75) is 13.3 Å². The zero-order chi connectivity index (χ0) is 8.53. The summed E-state index contributed by atoms with van der Waals surface area (Å²) in [5.41, 5.74) is 0. The smallest absolute Gasteiger partial charge is 0.550 e. The van der Waals surface area contributed by atoms with E-state index in [2.05, 4.69) is 0 Å². The van der Waals surface area contributed by atoms with Crippen molar-refractivity contribution in [3.05, 3.63) is 36.5 Å². The molecule has 0 aliphatic carbocycles. The first kappa shape index (κ1) is 14.2. The number of carbonyl (C=O) groups is 1. The van der Waals surface area contributed by atoms with E-state index in [4.69, 9.17) is 0 Å². The van der Waals surface area contributed by atoms with Crippen molar-refractivity contribution in [2.75, 3.05) is 0 Å². The zero-order valence-electron chi connectivity index (χ0n) is 7.49. The van der Waals surface area contributed by atoms with Crippen LogP contribution in [0.5, 0.6) is 0 Å². The minimum absolute atomic E-state index is 0. The molecule has 0 aromatic carbocycles. The van der Waals surface area contributed by atoms with Crippen LogP contribution >= 0.6 is 0 Å². The maximum atomic E-state index is 9.89. The van der Waals surface area contributed by atoms with Crippen molar-refractivity contribution in [3.8, 4) is 0 Å². The van der Waals surface area contributed by atoms with E-state index < -0.39 is 5.97 Å². The molecule has 0 aliphatic rings. The first-order chi connectivity index (χ1) is 5.27. The predicted molar refractivity (Wildman–Crippen MR) is 42.7 cm³/mol. The minimum atomic E-state index is -1.05. The molecular formula is C9H11NaO2. The van der Waals surface area contributed by atoms with Crippen LogP contribution in [0.1, 0.15) is 13.3 Å². The van der Waals surface area contributed by atoms with Crippen LogP contribution in [0.25, 0.3) is 0 Å². The number of hydrogen-bond donors (Lipinski definition) is 0. The number of hydrogen-bond acceptors (Lipinski definition) is 2. The molecule has 0 rings (SSSR count). The molecule has 0 fully saturated rings. The molecule has 0 saturated heterocycles. The Bertz CT molecular complexity index is 193. The number of carboxylic acid groups (broad SMARTS) is 1. The van der Waals surface area contributed by atoms with E-state index in [1.807, 2.05) is 25.2 Å². The van der Waals surface area contributed by atoms with Crippen LogP contribution < -0.4 is 34.7 Å². The van der Waals surface area contributed by atoms with E-state index in [0.717, 1.165) is 0 Å². The Hall–Kier alpha value is -0.310. The molecule has 0 bridgehead atoms. The van der Waals surface area contributed by atoms with Crippen molar-refractivity contribution in [3.63, 3.8) is 0 Å². The first-order valence-corrected chi connectivity index (χ1v) is 3.41. The van der Waals surface area contributed by atoms with Crippen molar-refractivity contribution in [1.29, 1.82) is 0 Å². The molecule has 0 aliphatic heterocycles. The fraction of sp³-hybridized carbons (Fsp3) is 0.222. The van der Waals surface area contributed by atoms with E-state index in [1.54, 1.807) is 12.2 Å². The van der Waals surface area contributed by atoms with E-state index in [1.165, 1.54) is 6.08 Å². The fourth-order valence-electron chi connectivity index (χ4n) is 0.482. The second-order valence-corrected chi connectivity index (χ2v) is 1.91. The van der Waals surface area contributed by atoms with Gasteiger partial charge in [0.05, 0.1) is 0 Å². The molecule has 0 unspecified atom stereocenters. The van der Waals surface area contributed by atoms with E-state index in [-0.39, 0.29) is 36.0 Å². The summed E-state index contributed by atoms with van der Waals surface area (Å²) in [6, 6.07) is 0. The van der Waals surface area contributed by atoms with Crippen LogP contribution in [0.15, 0.2) is 36.5 Å². The molecule has 0 N–H and O–H groups in total. The molecule has 0 saturated carbocycles. The van der Waals surface area contributed by atoms with Gasteiger partial charge in [0.15, 0.2) is 0 Å². The first-order valence-electron chi connectivity index (χ1n) is 3.41. The Labute approximate surface area is 95.0 Å². The van der Waals surface area contributed by atoms with Crippen molar-refractivity contribution < 1.29 is 39.5 Å². The standard InChI is InChI=1S/C9H12O2.Na/c1-2-3-4-5-6-7-8-9(10)11;/h2-7H,8H2,1H3,(H,10,11);/q;+1/p-1/b3-2+,5-4+,7-6+;. The van der Waals surface area contributed by atoms with Crippen molar-refractivity contribution in [1.82, 2.24) is 0 Å². The van der Waals surface area contributed by atoms with E-state index >= 15 is 0 Å². The molecule has 0 radical (unpaired) electrons. The van der Waals surface area contributed by atoms with Crippen molar-refractivity contribution in [2.24, 2.45) is 0 Å².